The zero-order chi connectivity index (χ0) is 15.5. The highest BCUT2D eigenvalue weighted by Gasteiger charge is 2.23. The zero-order valence-corrected chi connectivity index (χ0v) is 12.9. The van der Waals surface area contributed by atoms with Gasteiger partial charge < -0.3 is 18.9 Å². The van der Waals surface area contributed by atoms with E-state index in [0.29, 0.717) is 25.4 Å². The van der Waals surface area contributed by atoms with Crippen LogP contribution in [0.2, 0.25) is 0 Å². The smallest absolute Gasteiger partial charge is 0.192 e. The fraction of sp³-hybridized carbons (Fsp3) is 0.333. The summed E-state index contributed by atoms with van der Waals surface area (Å²) in [6.07, 6.45) is 0.587. The van der Waals surface area contributed by atoms with Crippen molar-refractivity contribution in [1.82, 2.24) is 0 Å². The predicted molar refractivity (Wildman–Crippen MR) is 89.8 cm³/mol. The molecule has 0 bridgehead atoms. The van der Waals surface area contributed by atoms with E-state index in [2.05, 4.69) is 24.3 Å². The van der Waals surface area contributed by atoms with Gasteiger partial charge in [0.05, 0.1) is 13.2 Å². The van der Waals surface area contributed by atoms with Crippen LogP contribution in [0.1, 0.15) is 0 Å². The van der Waals surface area contributed by atoms with Crippen LogP contribution in [0, 0.1) is 0 Å². The SMILES string of the molecule is B(c1ccc(OCC2CO2)cc1)c1ccc(OCC2CO2)cc1. The monoisotopic (exact) mass is 310 g/mol. The van der Waals surface area contributed by atoms with Gasteiger partial charge in [0.1, 0.15) is 36.9 Å². The van der Waals surface area contributed by atoms with Crippen molar-refractivity contribution in [2.45, 2.75) is 12.2 Å². The molecule has 2 fully saturated rings. The molecule has 0 spiro atoms. The first-order valence-electron chi connectivity index (χ1n) is 8.02. The number of ether oxygens (including phenoxy) is 4. The van der Waals surface area contributed by atoms with Crippen molar-refractivity contribution in [3.63, 3.8) is 0 Å². The maximum Gasteiger partial charge on any atom is 0.192 e. The summed E-state index contributed by atoms with van der Waals surface area (Å²) in [4.78, 5) is 0. The van der Waals surface area contributed by atoms with Gasteiger partial charge in [-0.25, -0.2) is 0 Å². The first-order valence-corrected chi connectivity index (χ1v) is 8.02. The molecule has 4 nitrogen and oxygen atoms in total. The molecule has 0 amide bonds. The summed E-state index contributed by atoms with van der Waals surface area (Å²) < 4.78 is 21.6. The van der Waals surface area contributed by atoms with Crippen molar-refractivity contribution in [2.24, 2.45) is 0 Å². The third-order valence-corrected chi connectivity index (χ3v) is 3.93. The third kappa shape index (κ3) is 4.50. The van der Waals surface area contributed by atoms with Gasteiger partial charge in [0.15, 0.2) is 7.28 Å². The third-order valence-electron chi connectivity index (χ3n) is 3.93. The molecule has 2 aromatic rings. The molecule has 0 aromatic heterocycles. The Morgan fingerprint density at radius 1 is 0.739 bits per heavy atom. The van der Waals surface area contributed by atoms with Crippen molar-refractivity contribution >= 4 is 18.2 Å². The Balaban J connectivity index is 1.29. The van der Waals surface area contributed by atoms with E-state index in [9.17, 15) is 0 Å². The van der Waals surface area contributed by atoms with Gasteiger partial charge in [-0.05, 0) is 24.3 Å². The van der Waals surface area contributed by atoms with Gasteiger partial charge in [-0.2, -0.15) is 0 Å². The van der Waals surface area contributed by atoms with Gasteiger partial charge in [-0.1, -0.05) is 35.2 Å². The van der Waals surface area contributed by atoms with Crippen molar-refractivity contribution in [3.8, 4) is 11.5 Å². The average molecular weight is 310 g/mol. The Kier molecular flexibility index (Phi) is 4.22. The molecule has 2 aliphatic rings. The molecule has 118 valence electrons. The van der Waals surface area contributed by atoms with Crippen LogP contribution in [0.5, 0.6) is 11.5 Å². The summed E-state index contributed by atoms with van der Waals surface area (Å²) in [5.74, 6) is 1.80. The van der Waals surface area contributed by atoms with E-state index in [-0.39, 0.29) is 0 Å². The molecule has 2 aliphatic heterocycles. The lowest BCUT2D eigenvalue weighted by molar-refractivity contribution is 0.263. The number of rotatable bonds is 8. The first-order chi connectivity index (χ1) is 11.3. The Labute approximate surface area is 136 Å². The summed E-state index contributed by atoms with van der Waals surface area (Å²) >= 11 is 0. The highest BCUT2D eigenvalue weighted by Crippen LogP contribution is 2.14. The molecule has 2 atom stereocenters. The van der Waals surface area contributed by atoms with Gasteiger partial charge in [0.25, 0.3) is 0 Å². The summed E-state index contributed by atoms with van der Waals surface area (Å²) in [6, 6.07) is 16.5. The molecule has 5 heteroatoms. The van der Waals surface area contributed by atoms with E-state index in [1.165, 1.54) is 10.9 Å². The highest BCUT2D eigenvalue weighted by atomic mass is 16.6. The molecule has 2 heterocycles. The number of hydrogen-bond acceptors (Lipinski definition) is 4. The van der Waals surface area contributed by atoms with Crippen molar-refractivity contribution < 1.29 is 18.9 Å². The van der Waals surface area contributed by atoms with Gasteiger partial charge in [0.2, 0.25) is 0 Å². The van der Waals surface area contributed by atoms with Crippen LogP contribution >= 0.6 is 0 Å². The number of benzene rings is 2. The molecule has 2 saturated heterocycles. The Morgan fingerprint density at radius 2 is 1.13 bits per heavy atom. The van der Waals surface area contributed by atoms with Gasteiger partial charge >= 0.3 is 0 Å². The normalized spacial score (nSPS) is 21.6. The van der Waals surface area contributed by atoms with E-state index >= 15 is 0 Å². The van der Waals surface area contributed by atoms with Crippen LogP contribution in [0.15, 0.2) is 48.5 Å². The fourth-order valence-electron chi connectivity index (χ4n) is 2.35. The summed E-state index contributed by atoms with van der Waals surface area (Å²) in [6.45, 7) is 2.94. The minimum Gasteiger partial charge on any atom is -0.491 e. The molecular formula is C18H19BO4. The second-order valence-electron chi connectivity index (χ2n) is 6.00. The second-order valence-corrected chi connectivity index (χ2v) is 6.00. The van der Waals surface area contributed by atoms with Gasteiger partial charge in [-0.3, -0.25) is 0 Å². The average Bonchev–Trinajstić information content (AvgIpc) is 3.48. The van der Waals surface area contributed by atoms with E-state index in [4.69, 9.17) is 18.9 Å². The van der Waals surface area contributed by atoms with Crippen LogP contribution in [0.25, 0.3) is 0 Å². The predicted octanol–water partition coefficient (Wildman–Crippen LogP) is 0.629. The van der Waals surface area contributed by atoms with Crippen LogP contribution < -0.4 is 20.4 Å². The lowest BCUT2D eigenvalue weighted by Gasteiger charge is -2.07. The van der Waals surface area contributed by atoms with Crippen LogP contribution in [-0.4, -0.2) is 45.9 Å². The molecule has 0 aliphatic carbocycles. The molecule has 2 unspecified atom stereocenters. The Bertz CT molecular complexity index is 576. The van der Waals surface area contributed by atoms with Crippen molar-refractivity contribution in [1.29, 1.82) is 0 Å². The molecule has 0 saturated carbocycles. The number of hydrogen-bond donors (Lipinski definition) is 0. The summed E-state index contributed by atoms with van der Waals surface area (Å²) in [5.41, 5.74) is 2.53. The van der Waals surface area contributed by atoms with E-state index < -0.39 is 0 Å². The standard InChI is InChI=1S/C18H19BO4/c1-5-15(20-9-17-11-22-17)6-2-13(1)19-14-3-7-16(8-4-14)21-10-18-12-23-18/h1-8,17-19H,9-12H2. The summed E-state index contributed by atoms with van der Waals surface area (Å²) in [7, 11) is 0.901. The Hall–Kier alpha value is -1.98. The summed E-state index contributed by atoms with van der Waals surface area (Å²) in [5, 5.41) is 0. The van der Waals surface area contributed by atoms with E-state index in [1.807, 2.05) is 24.3 Å². The largest absolute Gasteiger partial charge is 0.491 e. The zero-order valence-electron chi connectivity index (χ0n) is 12.9. The fourth-order valence-corrected chi connectivity index (χ4v) is 2.35. The minimum atomic E-state index is 0.293. The number of epoxide rings is 2. The maximum atomic E-state index is 5.65. The maximum absolute atomic E-state index is 5.65. The van der Waals surface area contributed by atoms with Crippen molar-refractivity contribution in [3.05, 3.63) is 48.5 Å². The topological polar surface area (TPSA) is 43.5 Å². The molecular weight excluding hydrogens is 291 g/mol. The molecule has 0 radical (unpaired) electrons. The van der Waals surface area contributed by atoms with Crippen LogP contribution in [0.3, 0.4) is 0 Å². The van der Waals surface area contributed by atoms with E-state index in [0.717, 1.165) is 32.0 Å². The van der Waals surface area contributed by atoms with Crippen LogP contribution in [0.4, 0.5) is 0 Å². The van der Waals surface area contributed by atoms with Crippen LogP contribution in [-0.2, 0) is 9.47 Å². The lowest BCUT2D eigenvalue weighted by atomic mass is 9.64. The highest BCUT2D eigenvalue weighted by molar-refractivity contribution is 6.67. The molecule has 0 N–H and O–H groups in total. The quantitative estimate of drug-likeness (QED) is 0.530. The first kappa shape index (κ1) is 14.6. The molecule has 4 rings (SSSR count). The minimum absolute atomic E-state index is 0.293. The molecule has 2 aromatic carbocycles. The Morgan fingerprint density at radius 3 is 1.48 bits per heavy atom. The molecule has 23 heavy (non-hydrogen) atoms. The van der Waals surface area contributed by atoms with E-state index in [1.54, 1.807) is 0 Å². The van der Waals surface area contributed by atoms with Crippen molar-refractivity contribution in [2.75, 3.05) is 26.4 Å². The lowest BCUT2D eigenvalue weighted by Crippen LogP contribution is -2.26. The second kappa shape index (κ2) is 6.65. The van der Waals surface area contributed by atoms with Gasteiger partial charge in [-0.15, -0.1) is 0 Å². The van der Waals surface area contributed by atoms with Gasteiger partial charge in [0, 0.05) is 0 Å².